The van der Waals surface area contributed by atoms with E-state index in [9.17, 15) is 9.59 Å². The summed E-state index contributed by atoms with van der Waals surface area (Å²) in [4.78, 5) is 36.8. The molecule has 10 heteroatoms. The molecule has 0 spiro atoms. The predicted molar refractivity (Wildman–Crippen MR) is 107 cm³/mol. The highest BCUT2D eigenvalue weighted by Crippen LogP contribution is 1.98. The smallest absolute Gasteiger partial charge is 0.376 e. The zero-order valence-electron chi connectivity index (χ0n) is 17.3. The summed E-state index contributed by atoms with van der Waals surface area (Å²) in [6.45, 7) is 12.1. The van der Waals surface area contributed by atoms with Crippen molar-refractivity contribution >= 4 is 23.4 Å². The van der Waals surface area contributed by atoms with Crippen LogP contribution in [0.3, 0.4) is 0 Å². The highest BCUT2D eigenvalue weighted by atomic mass is 16.5. The van der Waals surface area contributed by atoms with Gasteiger partial charge in [0.1, 0.15) is 5.82 Å². The summed E-state index contributed by atoms with van der Waals surface area (Å²) >= 11 is 0. The molecule has 0 amide bonds. The molecule has 0 aliphatic rings. The topological polar surface area (TPSA) is 156 Å². The van der Waals surface area contributed by atoms with E-state index in [4.69, 9.17) is 11.5 Å². The molecule has 2 rings (SSSR count). The van der Waals surface area contributed by atoms with Gasteiger partial charge in [-0.2, -0.15) is 0 Å². The van der Waals surface area contributed by atoms with Crippen molar-refractivity contribution in [2.45, 2.75) is 41.5 Å². The first-order valence-corrected chi connectivity index (χ1v) is 8.97. The Labute approximate surface area is 165 Å². The number of anilines is 2. The second kappa shape index (κ2) is 17.1. The molecule has 28 heavy (non-hydrogen) atoms. The van der Waals surface area contributed by atoms with Crippen molar-refractivity contribution in [2.75, 3.05) is 24.7 Å². The number of hydrogen-bond acceptors (Lipinski definition) is 10. The molecule has 0 radical (unpaired) electrons. The van der Waals surface area contributed by atoms with Gasteiger partial charge in [0.2, 0.25) is 5.82 Å². The molecular formula is C18H30N6O4. The van der Waals surface area contributed by atoms with Gasteiger partial charge in [-0.25, -0.2) is 29.5 Å². The number of nitrogen functional groups attached to an aromatic ring is 2. The lowest BCUT2D eigenvalue weighted by molar-refractivity contribution is 0.0505. The Kier molecular flexibility index (Phi) is 16.5. The Morgan fingerprint density at radius 1 is 0.786 bits per heavy atom. The van der Waals surface area contributed by atoms with Gasteiger partial charge in [-0.15, -0.1) is 0 Å². The lowest BCUT2D eigenvalue weighted by atomic mass is 10.4. The van der Waals surface area contributed by atoms with Crippen LogP contribution in [0.5, 0.6) is 0 Å². The van der Waals surface area contributed by atoms with Crippen molar-refractivity contribution < 1.29 is 19.1 Å². The molecule has 2 heterocycles. The summed E-state index contributed by atoms with van der Waals surface area (Å²) in [5.41, 5.74) is 11.2. The van der Waals surface area contributed by atoms with Gasteiger partial charge >= 0.3 is 11.9 Å². The SMILES string of the molecule is CC.CC.CCOC(=O)c1cnc(N)cn1.CCOC(=O)c1ncc(N)cn1. The van der Waals surface area contributed by atoms with Crippen LogP contribution in [0, 0.1) is 0 Å². The molecular weight excluding hydrogens is 364 g/mol. The van der Waals surface area contributed by atoms with E-state index in [1.54, 1.807) is 13.8 Å². The average Bonchev–Trinajstić information content (AvgIpc) is 2.73. The Balaban J connectivity index is 0. The van der Waals surface area contributed by atoms with E-state index < -0.39 is 11.9 Å². The van der Waals surface area contributed by atoms with Gasteiger partial charge in [0.15, 0.2) is 5.69 Å². The predicted octanol–water partition coefficient (Wildman–Crippen LogP) is 2.52. The van der Waals surface area contributed by atoms with Crippen LogP contribution in [0.25, 0.3) is 0 Å². The third-order valence-electron chi connectivity index (χ3n) is 2.29. The van der Waals surface area contributed by atoms with Crippen LogP contribution in [0.2, 0.25) is 0 Å². The van der Waals surface area contributed by atoms with Gasteiger partial charge in [0, 0.05) is 0 Å². The first-order chi connectivity index (χ1) is 13.5. The van der Waals surface area contributed by atoms with Crippen LogP contribution >= 0.6 is 0 Å². The second-order valence-corrected chi connectivity index (χ2v) is 4.11. The maximum atomic E-state index is 11.0. The van der Waals surface area contributed by atoms with E-state index >= 15 is 0 Å². The summed E-state index contributed by atoms with van der Waals surface area (Å²) in [5.74, 6) is -0.698. The highest BCUT2D eigenvalue weighted by Gasteiger charge is 2.08. The van der Waals surface area contributed by atoms with Crippen LogP contribution in [-0.2, 0) is 9.47 Å². The fraction of sp³-hybridized carbons (Fsp3) is 0.444. The third-order valence-corrected chi connectivity index (χ3v) is 2.29. The largest absolute Gasteiger partial charge is 0.461 e. The minimum Gasteiger partial charge on any atom is -0.461 e. The number of esters is 2. The fourth-order valence-electron chi connectivity index (χ4n) is 1.29. The number of rotatable bonds is 4. The van der Waals surface area contributed by atoms with Crippen LogP contribution < -0.4 is 11.5 Å². The molecule has 0 unspecified atom stereocenters. The van der Waals surface area contributed by atoms with Crippen molar-refractivity contribution in [3.63, 3.8) is 0 Å². The Bertz CT molecular complexity index is 603. The zero-order valence-corrected chi connectivity index (χ0v) is 17.3. The summed E-state index contributed by atoms with van der Waals surface area (Å²) in [5, 5.41) is 0. The highest BCUT2D eigenvalue weighted by molar-refractivity contribution is 5.86. The Morgan fingerprint density at radius 2 is 1.29 bits per heavy atom. The monoisotopic (exact) mass is 394 g/mol. The minimum absolute atomic E-state index is 0.0334. The number of carbonyl (C=O) groups excluding carboxylic acids is 2. The average molecular weight is 394 g/mol. The first kappa shape index (κ1) is 26.9. The number of nitrogens with two attached hydrogens (primary N) is 2. The maximum Gasteiger partial charge on any atom is 0.376 e. The van der Waals surface area contributed by atoms with Gasteiger partial charge in [0.25, 0.3) is 0 Å². The van der Waals surface area contributed by atoms with Crippen LogP contribution in [0.1, 0.15) is 62.6 Å². The van der Waals surface area contributed by atoms with Crippen molar-refractivity contribution in [3.8, 4) is 0 Å². The fourth-order valence-corrected chi connectivity index (χ4v) is 1.29. The van der Waals surface area contributed by atoms with Crippen molar-refractivity contribution in [1.82, 2.24) is 19.9 Å². The van der Waals surface area contributed by atoms with Crippen molar-refractivity contribution in [1.29, 1.82) is 0 Å². The summed E-state index contributed by atoms with van der Waals surface area (Å²) < 4.78 is 9.35. The Hall–Kier alpha value is -3.30. The number of carbonyl (C=O) groups is 2. The Morgan fingerprint density at radius 3 is 1.71 bits per heavy atom. The molecule has 0 aromatic carbocycles. The molecule has 4 N–H and O–H groups in total. The molecule has 2 aromatic rings. The van der Waals surface area contributed by atoms with Crippen LogP contribution in [0.4, 0.5) is 11.5 Å². The molecule has 156 valence electrons. The molecule has 0 aliphatic heterocycles. The van der Waals surface area contributed by atoms with Gasteiger partial charge in [-0.3, -0.25) is 0 Å². The standard InChI is InChI=1S/2C7H9N3O2.2C2H6/c1-2-12-7(11)5-3-10-6(8)4-9-5;1-2-12-7(11)6-9-3-5(8)4-10-6;2*1-2/h3-4H,2H2,1H3,(H2,8,10);3-4H,2,8H2,1H3;2*1-2H3. The molecule has 0 fully saturated rings. The third kappa shape index (κ3) is 11.3. The minimum atomic E-state index is -0.530. The number of ether oxygens (including phenoxy) is 2. The lowest BCUT2D eigenvalue weighted by Crippen LogP contribution is -2.09. The van der Waals surface area contributed by atoms with E-state index in [0.29, 0.717) is 18.9 Å². The van der Waals surface area contributed by atoms with Crippen molar-refractivity contribution in [3.05, 3.63) is 36.3 Å². The lowest BCUT2D eigenvalue weighted by Gasteiger charge is -1.99. The molecule has 10 nitrogen and oxygen atoms in total. The van der Waals surface area contributed by atoms with Gasteiger partial charge in [0.05, 0.1) is 43.7 Å². The number of aromatic nitrogens is 4. The normalized spacial score (nSPS) is 8.50. The van der Waals surface area contributed by atoms with Gasteiger partial charge < -0.3 is 20.9 Å². The van der Waals surface area contributed by atoms with Crippen LogP contribution in [-0.4, -0.2) is 45.1 Å². The van der Waals surface area contributed by atoms with Crippen LogP contribution in [0.15, 0.2) is 24.8 Å². The van der Waals surface area contributed by atoms with Gasteiger partial charge in [-0.1, -0.05) is 27.7 Å². The van der Waals surface area contributed by atoms with E-state index in [2.05, 4.69) is 29.4 Å². The van der Waals surface area contributed by atoms with E-state index in [-0.39, 0.29) is 17.3 Å². The first-order valence-electron chi connectivity index (χ1n) is 8.97. The number of hydrogen-bond donors (Lipinski definition) is 2. The molecule has 0 aliphatic carbocycles. The molecule has 0 saturated carbocycles. The van der Waals surface area contributed by atoms with E-state index in [1.165, 1.54) is 24.8 Å². The van der Waals surface area contributed by atoms with Gasteiger partial charge in [-0.05, 0) is 13.8 Å². The number of nitrogens with zero attached hydrogens (tertiary/aromatic N) is 4. The molecule has 0 atom stereocenters. The van der Waals surface area contributed by atoms with E-state index in [1.807, 2.05) is 27.7 Å². The van der Waals surface area contributed by atoms with Crippen molar-refractivity contribution in [2.24, 2.45) is 0 Å². The summed E-state index contributed by atoms with van der Waals surface area (Å²) in [7, 11) is 0. The zero-order chi connectivity index (χ0) is 21.9. The molecule has 0 bridgehead atoms. The second-order valence-electron chi connectivity index (χ2n) is 4.11. The summed E-state index contributed by atoms with van der Waals surface area (Å²) in [6.07, 6.45) is 5.32. The summed E-state index contributed by atoms with van der Waals surface area (Å²) in [6, 6.07) is 0. The molecule has 2 aromatic heterocycles. The molecule has 0 saturated heterocycles. The van der Waals surface area contributed by atoms with E-state index in [0.717, 1.165) is 0 Å². The quantitative estimate of drug-likeness (QED) is 0.738. The maximum absolute atomic E-state index is 11.0.